The molecule has 1 heterocycles. The Labute approximate surface area is 164 Å². The maximum atomic E-state index is 12.2. The Morgan fingerprint density at radius 2 is 1.68 bits per heavy atom. The molecule has 1 fully saturated rings. The monoisotopic (exact) mass is 393 g/mol. The van der Waals surface area contributed by atoms with E-state index in [1.54, 1.807) is 26.8 Å². The second-order valence-corrected chi connectivity index (χ2v) is 7.68. The van der Waals surface area contributed by atoms with Crippen LogP contribution in [0.5, 0.6) is 0 Å². The van der Waals surface area contributed by atoms with E-state index in [9.17, 15) is 19.5 Å². The van der Waals surface area contributed by atoms with E-state index in [1.165, 1.54) is 31.3 Å². The maximum Gasteiger partial charge on any atom is 0.410 e. The Kier molecular flexibility index (Phi) is 6.66. The van der Waals surface area contributed by atoms with Gasteiger partial charge in [-0.15, -0.1) is 0 Å². The molecule has 8 nitrogen and oxygen atoms in total. The van der Waals surface area contributed by atoms with Crippen molar-refractivity contribution in [1.82, 2.24) is 4.90 Å². The molecular weight excluding hydrogens is 366 g/mol. The quantitative estimate of drug-likeness (QED) is 0.621. The van der Waals surface area contributed by atoms with E-state index < -0.39 is 29.7 Å². The molecule has 0 unspecified atom stereocenters. The van der Waals surface area contributed by atoms with Gasteiger partial charge in [0.25, 0.3) is 0 Å². The highest BCUT2D eigenvalue weighted by Crippen LogP contribution is 2.31. The number of esters is 2. The molecule has 0 saturated carbocycles. The number of amides is 1. The first-order valence-electron chi connectivity index (χ1n) is 9.04. The molecule has 1 aliphatic rings. The molecule has 1 amide bonds. The molecule has 28 heavy (non-hydrogen) atoms. The zero-order chi connectivity index (χ0) is 21.1. The van der Waals surface area contributed by atoms with Gasteiger partial charge in [-0.2, -0.15) is 0 Å². The summed E-state index contributed by atoms with van der Waals surface area (Å²) in [5.41, 5.74) is 0.245. The standard InChI is InChI=1S/C20H27NO7/c1-20(2,3)28-19(25)21-9-8-13(16(22)11-21)12-6-7-14(17(23)26-4)15(10-12)18(24)27-5/h6-7,10,13,16,22H,8-9,11H2,1-5H3/t13-,16+/m1/s1. The minimum atomic E-state index is -0.837. The number of likely N-dealkylation sites (tertiary alicyclic amines) is 1. The maximum absolute atomic E-state index is 12.2. The Morgan fingerprint density at radius 3 is 2.21 bits per heavy atom. The lowest BCUT2D eigenvalue weighted by molar-refractivity contribution is -0.00153. The highest BCUT2D eigenvalue weighted by molar-refractivity contribution is 6.03. The van der Waals surface area contributed by atoms with Gasteiger partial charge >= 0.3 is 18.0 Å². The van der Waals surface area contributed by atoms with Gasteiger partial charge in [0.2, 0.25) is 0 Å². The number of piperidine rings is 1. The number of hydrogen-bond donors (Lipinski definition) is 1. The van der Waals surface area contributed by atoms with Crippen molar-refractivity contribution in [1.29, 1.82) is 0 Å². The fourth-order valence-electron chi connectivity index (χ4n) is 3.17. The fourth-order valence-corrected chi connectivity index (χ4v) is 3.17. The Bertz CT molecular complexity index is 753. The van der Waals surface area contributed by atoms with Crippen molar-refractivity contribution in [3.63, 3.8) is 0 Å². The van der Waals surface area contributed by atoms with Gasteiger partial charge in [0.1, 0.15) is 5.60 Å². The van der Waals surface area contributed by atoms with Crippen LogP contribution in [0.4, 0.5) is 4.79 Å². The number of carbonyl (C=O) groups is 3. The van der Waals surface area contributed by atoms with Crippen molar-refractivity contribution < 1.29 is 33.7 Å². The van der Waals surface area contributed by atoms with E-state index in [4.69, 9.17) is 14.2 Å². The van der Waals surface area contributed by atoms with E-state index in [0.717, 1.165) is 0 Å². The van der Waals surface area contributed by atoms with Crippen LogP contribution < -0.4 is 0 Å². The molecule has 2 atom stereocenters. The van der Waals surface area contributed by atoms with Crippen LogP contribution in [0.1, 0.15) is 59.4 Å². The average molecular weight is 393 g/mol. The lowest BCUT2D eigenvalue weighted by Crippen LogP contribution is -2.47. The van der Waals surface area contributed by atoms with E-state index in [2.05, 4.69) is 0 Å². The third-order valence-electron chi connectivity index (χ3n) is 4.52. The van der Waals surface area contributed by atoms with Gasteiger partial charge in [-0.05, 0) is 44.9 Å². The van der Waals surface area contributed by atoms with Crippen LogP contribution in [0.3, 0.4) is 0 Å². The van der Waals surface area contributed by atoms with Crippen molar-refractivity contribution in [3.05, 3.63) is 34.9 Å². The second-order valence-electron chi connectivity index (χ2n) is 7.68. The lowest BCUT2D eigenvalue weighted by Gasteiger charge is -2.37. The molecule has 0 bridgehead atoms. The van der Waals surface area contributed by atoms with E-state index in [1.807, 2.05) is 0 Å². The Balaban J connectivity index is 2.21. The Hall–Kier alpha value is -2.61. The van der Waals surface area contributed by atoms with Gasteiger partial charge in [-0.25, -0.2) is 14.4 Å². The zero-order valence-corrected chi connectivity index (χ0v) is 16.9. The van der Waals surface area contributed by atoms with Crippen LogP contribution in [-0.4, -0.2) is 67.1 Å². The number of aliphatic hydroxyl groups excluding tert-OH is 1. The summed E-state index contributed by atoms with van der Waals surface area (Å²) in [4.78, 5) is 37.7. The summed E-state index contributed by atoms with van der Waals surface area (Å²) in [5.74, 6) is -1.61. The van der Waals surface area contributed by atoms with Gasteiger partial charge < -0.3 is 24.2 Å². The molecule has 1 aromatic carbocycles. The van der Waals surface area contributed by atoms with Crippen molar-refractivity contribution in [3.8, 4) is 0 Å². The highest BCUT2D eigenvalue weighted by atomic mass is 16.6. The van der Waals surface area contributed by atoms with Crippen LogP contribution in [-0.2, 0) is 14.2 Å². The van der Waals surface area contributed by atoms with Crippen molar-refractivity contribution in [2.45, 2.75) is 44.8 Å². The largest absolute Gasteiger partial charge is 0.465 e. The predicted molar refractivity (Wildman–Crippen MR) is 100 cm³/mol. The van der Waals surface area contributed by atoms with Crippen LogP contribution in [0.25, 0.3) is 0 Å². The normalized spacial score (nSPS) is 19.7. The molecular formula is C20H27NO7. The van der Waals surface area contributed by atoms with Crippen molar-refractivity contribution in [2.24, 2.45) is 0 Å². The molecule has 154 valence electrons. The smallest absolute Gasteiger partial charge is 0.410 e. The summed E-state index contributed by atoms with van der Waals surface area (Å²) in [6.07, 6.45) is -0.824. The molecule has 0 spiro atoms. The predicted octanol–water partition coefficient (Wildman–Crippen LogP) is 2.35. The summed E-state index contributed by atoms with van der Waals surface area (Å²) in [5, 5.41) is 10.6. The Morgan fingerprint density at radius 1 is 1.07 bits per heavy atom. The second kappa shape index (κ2) is 8.60. The summed E-state index contributed by atoms with van der Waals surface area (Å²) < 4.78 is 14.8. The summed E-state index contributed by atoms with van der Waals surface area (Å²) >= 11 is 0. The number of ether oxygens (including phenoxy) is 3. The number of methoxy groups -OCH3 is 2. The van der Waals surface area contributed by atoms with Gasteiger partial charge in [0.15, 0.2) is 0 Å². The third kappa shape index (κ3) is 5.01. The number of hydrogen-bond acceptors (Lipinski definition) is 7. The zero-order valence-electron chi connectivity index (χ0n) is 16.9. The summed E-state index contributed by atoms with van der Waals surface area (Å²) in [6.45, 7) is 5.87. The van der Waals surface area contributed by atoms with Crippen LogP contribution >= 0.6 is 0 Å². The molecule has 8 heteroatoms. The van der Waals surface area contributed by atoms with Gasteiger partial charge in [0, 0.05) is 12.5 Å². The van der Waals surface area contributed by atoms with Crippen LogP contribution in [0, 0.1) is 0 Å². The van der Waals surface area contributed by atoms with E-state index in [-0.39, 0.29) is 23.6 Å². The molecule has 2 rings (SSSR count). The molecule has 1 N–H and O–H groups in total. The molecule has 1 aliphatic heterocycles. The van der Waals surface area contributed by atoms with Crippen LogP contribution in [0.2, 0.25) is 0 Å². The lowest BCUT2D eigenvalue weighted by atomic mass is 9.85. The molecule has 1 aromatic rings. The number of β-amino-alcohol motifs (C(OH)–C–C–N with tert-alkyl or cyclic N) is 1. The molecule has 1 saturated heterocycles. The molecule has 0 radical (unpaired) electrons. The highest BCUT2D eigenvalue weighted by Gasteiger charge is 2.34. The van der Waals surface area contributed by atoms with E-state index in [0.29, 0.717) is 18.5 Å². The van der Waals surface area contributed by atoms with Crippen molar-refractivity contribution in [2.75, 3.05) is 27.3 Å². The minimum Gasteiger partial charge on any atom is -0.465 e. The fraction of sp³-hybridized carbons (Fsp3) is 0.550. The summed E-state index contributed by atoms with van der Waals surface area (Å²) in [6, 6.07) is 4.70. The van der Waals surface area contributed by atoms with Gasteiger partial charge in [-0.1, -0.05) is 6.07 Å². The first-order chi connectivity index (χ1) is 13.1. The van der Waals surface area contributed by atoms with E-state index >= 15 is 0 Å². The summed E-state index contributed by atoms with van der Waals surface area (Å²) in [7, 11) is 2.46. The van der Waals surface area contributed by atoms with Crippen LogP contribution in [0.15, 0.2) is 18.2 Å². The van der Waals surface area contributed by atoms with Gasteiger partial charge in [-0.3, -0.25) is 0 Å². The number of carbonyl (C=O) groups excluding carboxylic acids is 3. The SMILES string of the molecule is COC(=O)c1ccc([C@H]2CCN(C(=O)OC(C)(C)C)C[C@@H]2O)cc1C(=O)OC. The molecule has 0 aromatic heterocycles. The van der Waals surface area contributed by atoms with Gasteiger partial charge in [0.05, 0.1) is 38.0 Å². The third-order valence-corrected chi connectivity index (χ3v) is 4.52. The minimum absolute atomic E-state index is 0.0774. The average Bonchev–Trinajstić information content (AvgIpc) is 2.64. The number of rotatable bonds is 3. The number of benzene rings is 1. The topological polar surface area (TPSA) is 102 Å². The molecule has 0 aliphatic carbocycles. The van der Waals surface area contributed by atoms with Crippen molar-refractivity contribution >= 4 is 18.0 Å². The number of aliphatic hydroxyl groups is 1. The first-order valence-corrected chi connectivity index (χ1v) is 9.04. The number of nitrogens with zero attached hydrogens (tertiary/aromatic N) is 1. The first kappa shape index (κ1) is 21.7.